The average molecular weight is 394 g/mol. The van der Waals surface area contributed by atoms with Crippen molar-refractivity contribution in [3.63, 3.8) is 0 Å². The molecule has 0 bridgehead atoms. The van der Waals surface area contributed by atoms with Crippen LogP contribution in [0.3, 0.4) is 0 Å². The fraction of sp³-hybridized carbons (Fsp3) is 0.238. The van der Waals surface area contributed by atoms with Gasteiger partial charge in [0.1, 0.15) is 17.9 Å². The number of carbonyl (C=O) groups excluding carboxylic acids is 2. The molecule has 0 aliphatic carbocycles. The van der Waals surface area contributed by atoms with E-state index in [4.69, 9.17) is 14.7 Å². The second-order valence-electron chi connectivity index (χ2n) is 5.86. The molecule has 0 fully saturated rings. The first-order chi connectivity index (χ1) is 14.1. The first-order valence-electron chi connectivity index (χ1n) is 9.02. The maximum absolute atomic E-state index is 12.5. The van der Waals surface area contributed by atoms with Crippen molar-refractivity contribution in [2.24, 2.45) is 5.10 Å². The number of nitrogens with zero attached hydrogens (tertiary/aromatic N) is 2. The van der Waals surface area contributed by atoms with Gasteiger partial charge in [0.2, 0.25) is 0 Å². The summed E-state index contributed by atoms with van der Waals surface area (Å²) in [5.74, 6) is 0.0985. The maximum atomic E-state index is 12.5. The van der Waals surface area contributed by atoms with Crippen molar-refractivity contribution < 1.29 is 19.1 Å². The summed E-state index contributed by atoms with van der Waals surface area (Å²) in [5, 5.41) is 15.0. The van der Waals surface area contributed by atoms with Crippen LogP contribution in [-0.2, 0) is 16.0 Å². The Morgan fingerprint density at radius 2 is 1.90 bits per heavy atom. The fourth-order valence-corrected chi connectivity index (χ4v) is 2.39. The van der Waals surface area contributed by atoms with E-state index in [9.17, 15) is 9.59 Å². The highest BCUT2D eigenvalue weighted by Crippen LogP contribution is 2.10. The third-order valence-corrected chi connectivity index (χ3v) is 3.74. The van der Waals surface area contributed by atoms with E-state index in [0.29, 0.717) is 12.2 Å². The molecule has 2 aromatic carbocycles. The van der Waals surface area contributed by atoms with Crippen LogP contribution in [0.15, 0.2) is 59.7 Å². The standard InChI is InChI=1S/C21H22N4O4/c1-2-28-21(27)24-19(14-16-6-4-3-5-7-16)20(26)25-23-15-17-8-10-18(11-9-17)29-13-12-22/h3-11,15,19H,2,13-14H2,1H3,(H,24,27)(H,25,26)/b23-15-/t19-/m1/s1. The maximum Gasteiger partial charge on any atom is 0.407 e. The van der Waals surface area contributed by atoms with Crippen molar-refractivity contribution in [2.45, 2.75) is 19.4 Å². The molecule has 0 saturated carbocycles. The topological polar surface area (TPSA) is 113 Å². The van der Waals surface area contributed by atoms with E-state index >= 15 is 0 Å². The quantitative estimate of drug-likeness (QED) is 0.501. The third kappa shape index (κ3) is 7.72. The van der Waals surface area contributed by atoms with E-state index < -0.39 is 18.0 Å². The molecule has 2 amide bonds. The largest absolute Gasteiger partial charge is 0.479 e. The Morgan fingerprint density at radius 1 is 1.17 bits per heavy atom. The first-order valence-corrected chi connectivity index (χ1v) is 9.02. The molecule has 0 aliphatic heterocycles. The molecule has 0 saturated heterocycles. The number of amides is 2. The summed E-state index contributed by atoms with van der Waals surface area (Å²) in [6.45, 7) is 1.87. The van der Waals surface area contributed by atoms with Gasteiger partial charge in [-0.3, -0.25) is 4.79 Å². The van der Waals surface area contributed by atoms with E-state index in [2.05, 4.69) is 15.8 Å². The molecule has 0 unspecified atom stereocenters. The van der Waals surface area contributed by atoms with Crippen LogP contribution in [0.25, 0.3) is 0 Å². The summed E-state index contributed by atoms with van der Waals surface area (Å²) in [7, 11) is 0. The van der Waals surface area contributed by atoms with Crippen molar-refractivity contribution in [3.8, 4) is 11.8 Å². The minimum atomic E-state index is -0.838. The van der Waals surface area contributed by atoms with E-state index in [1.807, 2.05) is 36.4 Å². The van der Waals surface area contributed by atoms with Crippen LogP contribution in [-0.4, -0.2) is 37.5 Å². The molecule has 0 aromatic heterocycles. The lowest BCUT2D eigenvalue weighted by atomic mass is 10.1. The number of alkyl carbamates (subject to hydrolysis) is 1. The molecular weight excluding hydrogens is 372 g/mol. The van der Waals surface area contributed by atoms with Gasteiger partial charge in [0.15, 0.2) is 6.61 Å². The molecule has 2 aromatic rings. The lowest BCUT2D eigenvalue weighted by Gasteiger charge is -2.16. The second kappa shape index (κ2) is 11.8. The molecule has 0 aliphatic rings. The zero-order valence-electron chi connectivity index (χ0n) is 16.0. The Labute approximate surface area is 169 Å². The van der Waals surface area contributed by atoms with Gasteiger partial charge in [-0.15, -0.1) is 0 Å². The Hall–Kier alpha value is -3.86. The van der Waals surface area contributed by atoms with E-state index in [0.717, 1.165) is 11.1 Å². The second-order valence-corrected chi connectivity index (χ2v) is 5.86. The van der Waals surface area contributed by atoms with Gasteiger partial charge in [-0.25, -0.2) is 10.2 Å². The van der Waals surface area contributed by atoms with Crippen LogP contribution in [0.4, 0.5) is 4.79 Å². The van der Waals surface area contributed by atoms with Gasteiger partial charge in [-0.05, 0) is 42.3 Å². The predicted octanol–water partition coefficient (Wildman–Crippen LogP) is 2.40. The fourth-order valence-electron chi connectivity index (χ4n) is 2.39. The molecule has 0 spiro atoms. The van der Waals surface area contributed by atoms with Crippen molar-refractivity contribution in [2.75, 3.05) is 13.2 Å². The number of benzene rings is 2. The molecule has 29 heavy (non-hydrogen) atoms. The third-order valence-electron chi connectivity index (χ3n) is 3.74. The minimum Gasteiger partial charge on any atom is -0.479 e. The number of hydrazone groups is 1. The highest BCUT2D eigenvalue weighted by Gasteiger charge is 2.21. The highest BCUT2D eigenvalue weighted by atomic mass is 16.5. The van der Waals surface area contributed by atoms with Gasteiger partial charge < -0.3 is 14.8 Å². The van der Waals surface area contributed by atoms with Crippen LogP contribution in [0.2, 0.25) is 0 Å². The van der Waals surface area contributed by atoms with Crippen LogP contribution in [0, 0.1) is 11.3 Å². The average Bonchev–Trinajstić information content (AvgIpc) is 2.73. The SMILES string of the molecule is CCOC(=O)N[C@H](Cc1ccccc1)C(=O)N/N=C\c1ccc(OCC#N)cc1. The number of hydrogen-bond donors (Lipinski definition) is 2. The summed E-state index contributed by atoms with van der Waals surface area (Å²) >= 11 is 0. The Bertz CT molecular complexity index is 860. The van der Waals surface area contributed by atoms with Gasteiger partial charge >= 0.3 is 6.09 Å². The Kier molecular flexibility index (Phi) is 8.70. The monoisotopic (exact) mass is 394 g/mol. The normalized spacial score (nSPS) is 11.3. The summed E-state index contributed by atoms with van der Waals surface area (Å²) in [6.07, 6.45) is 1.10. The Morgan fingerprint density at radius 3 is 2.55 bits per heavy atom. The predicted molar refractivity (Wildman–Crippen MR) is 107 cm³/mol. The lowest BCUT2D eigenvalue weighted by molar-refractivity contribution is -0.123. The van der Waals surface area contributed by atoms with Crippen molar-refractivity contribution in [3.05, 3.63) is 65.7 Å². The van der Waals surface area contributed by atoms with E-state index in [1.165, 1.54) is 6.21 Å². The van der Waals surface area contributed by atoms with Crippen LogP contribution in [0.5, 0.6) is 5.75 Å². The van der Waals surface area contributed by atoms with Crippen LogP contribution in [0.1, 0.15) is 18.1 Å². The van der Waals surface area contributed by atoms with Gasteiger partial charge in [-0.1, -0.05) is 30.3 Å². The van der Waals surface area contributed by atoms with E-state index in [-0.39, 0.29) is 13.2 Å². The van der Waals surface area contributed by atoms with Gasteiger partial charge in [0.05, 0.1) is 12.8 Å². The molecule has 150 valence electrons. The van der Waals surface area contributed by atoms with E-state index in [1.54, 1.807) is 31.2 Å². The molecule has 0 heterocycles. The smallest absolute Gasteiger partial charge is 0.407 e. The lowest BCUT2D eigenvalue weighted by Crippen LogP contribution is -2.47. The number of ether oxygens (including phenoxy) is 2. The van der Waals surface area contributed by atoms with Gasteiger partial charge in [0, 0.05) is 6.42 Å². The highest BCUT2D eigenvalue weighted by molar-refractivity contribution is 5.87. The van der Waals surface area contributed by atoms with Crippen molar-refractivity contribution >= 4 is 18.2 Å². The molecule has 0 radical (unpaired) electrons. The van der Waals surface area contributed by atoms with Gasteiger partial charge in [-0.2, -0.15) is 10.4 Å². The number of rotatable bonds is 9. The molecular formula is C21H22N4O4. The van der Waals surface area contributed by atoms with Crippen LogP contribution >= 0.6 is 0 Å². The number of nitrogens with one attached hydrogen (secondary N) is 2. The Balaban J connectivity index is 1.97. The number of carbonyl (C=O) groups is 2. The molecule has 8 nitrogen and oxygen atoms in total. The summed E-state index contributed by atoms with van der Waals surface area (Å²) in [5.41, 5.74) is 4.05. The molecule has 2 N–H and O–H groups in total. The molecule has 2 rings (SSSR count). The minimum absolute atomic E-state index is 0.0280. The van der Waals surface area contributed by atoms with Crippen LogP contribution < -0.4 is 15.5 Å². The number of nitriles is 1. The summed E-state index contributed by atoms with van der Waals surface area (Å²) in [4.78, 5) is 24.3. The summed E-state index contributed by atoms with van der Waals surface area (Å²) < 4.78 is 10.0. The zero-order valence-corrected chi connectivity index (χ0v) is 16.0. The summed E-state index contributed by atoms with van der Waals surface area (Å²) in [6, 6.07) is 17.2. The number of hydrogen-bond acceptors (Lipinski definition) is 6. The zero-order chi connectivity index (χ0) is 20.9. The van der Waals surface area contributed by atoms with Crippen molar-refractivity contribution in [1.82, 2.24) is 10.7 Å². The molecule has 1 atom stereocenters. The first kappa shape index (κ1) is 21.4. The van der Waals surface area contributed by atoms with Gasteiger partial charge in [0.25, 0.3) is 5.91 Å². The van der Waals surface area contributed by atoms with Crippen molar-refractivity contribution in [1.29, 1.82) is 5.26 Å². The molecule has 8 heteroatoms.